The van der Waals surface area contributed by atoms with Crippen molar-refractivity contribution in [3.63, 3.8) is 0 Å². The molecule has 1 fully saturated rings. The van der Waals surface area contributed by atoms with Gasteiger partial charge in [0.05, 0.1) is 26.0 Å². The Morgan fingerprint density at radius 3 is 2.18 bits per heavy atom. The molecule has 0 radical (unpaired) electrons. The molecule has 1 aliphatic heterocycles. The minimum absolute atomic E-state index is 0.403. The van der Waals surface area contributed by atoms with Gasteiger partial charge in [-0.15, -0.1) is 11.8 Å². The van der Waals surface area contributed by atoms with Crippen molar-refractivity contribution in [3.8, 4) is 0 Å². The Morgan fingerprint density at radius 1 is 1.00 bits per heavy atom. The summed E-state index contributed by atoms with van der Waals surface area (Å²) in [5, 5.41) is 3.74. The number of hydrogen-bond donors (Lipinski definition) is 1. The summed E-state index contributed by atoms with van der Waals surface area (Å²) >= 11 is 1.96. The first-order chi connectivity index (χ1) is 16.7. The van der Waals surface area contributed by atoms with Gasteiger partial charge in [-0.1, -0.05) is 96.5 Å². The van der Waals surface area contributed by atoms with Gasteiger partial charge >= 0.3 is 6.09 Å². The van der Waals surface area contributed by atoms with Crippen molar-refractivity contribution in [2.24, 2.45) is 0 Å². The van der Waals surface area contributed by atoms with Gasteiger partial charge in [-0.3, -0.25) is 4.98 Å². The third kappa shape index (κ3) is 12.4. The molecule has 34 heavy (non-hydrogen) atoms. The number of nitrogens with one attached hydrogen (secondary N) is 1. The quantitative estimate of drug-likeness (QED) is 0.187. The molecule has 194 valence electrons. The van der Waals surface area contributed by atoms with E-state index in [1.165, 1.54) is 103 Å². The highest BCUT2D eigenvalue weighted by Crippen LogP contribution is 2.49. The van der Waals surface area contributed by atoms with E-state index in [4.69, 9.17) is 4.74 Å². The van der Waals surface area contributed by atoms with Crippen molar-refractivity contribution in [1.29, 1.82) is 0 Å². The van der Waals surface area contributed by atoms with Gasteiger partial charge in [0.25, 0.3) is 0 Å². The lowest BCUT2D eigenvalue weighted by molar-refractivity contribution is 0.126. The molecule has 1 aromatic heterocycles. The average Bonchev–Trinajstić information content (AvgIpc) is 2.83. The van der Waals surface area contributed by atoms with E-state index < -0.39 is 6.09 Å². The monoisotopic (exact) mass is 492 g/mol. The molecule has 0 aromatic carbocycles. The van der Waals surface area contributed by atoms with Crippen LogP contribution in [-0.2, 0) is 16.0 Å². The summed E-state index contributed by atoms with van der Waals surface area (Å²) < 4.78 is 10.6. The number of ether oxygens (including phenoxy) is 2. The normalized spacial score (nSPS) is 17.4. The Morgan fingerprint density at radius 2 is 1.59 bits per heavy atom. The lowest BCUT2D eigenvalue weighted by atomic mass is 10.0. The Bertz CT molecular complexity index is 652. The Balaban J connectivity index is 1.39. The number of pyridine rings is 1. The first-order valence-electron chi connectivity index (χ1n) is 13.7. The minimum atomic E-state index is -0.423. The summed E-state index contributed by atoms with van der Waals surface area (Å²) in [6.45, 7) is 4.42. The first-order valence-corrected chi connectivity index (χ1v) is 14.7. The highest BCUT2D eigenvalue weighted by Gasteiger charge is 2.32. The molecule has 6 heteroatoms. The molecule has 2 heterocycles. The highest BCUT2D eigenvalue weighted by atomic mass is 32.2. The Labute approximate surface area is 212 Å². The molecule has 0 spiro atoms. The van der Waals surface area contributed by atoms with Crippen LogP contribution in [0.5, 0.6) is 0 Å². The lowest BCUT2D eigenvalue weighted by Crippen LogP contribution is -2.28. The van der Waals surface area contributed by atoms with Crippen LogP contribution in [0.3, 0.4) is 0 Å². The standard InChI is InChI=1S/C28H48N2O3S/c1-3-4-5-6-7-8-9-10-11-12-13-14-15-16-20-33-23-24-21-27(34-24)25-18-17-19-29-26(25)22-30-28(31)32-2/h17-19,24,27H,3-16,20-23H2,1-2H3,(H,30,31). The van der Waals surface area contributed by atoms with E-state index >= 15 is 0 Å². The number of rotatable bonds is 20. The molecule has 0 saturated carbocycles. The van der Waals surface area contributed by atoms with Crippen molar-refractivity contribution in [3.05, 3.63) is 29.6 Å². The van der Waals surface area contributed by atoms with Gasteiger partial charge in [0.1, 0.15) is 0 Å². The summed E-state index contributed by atoms with van der Waals surface area (Å²) in [6.07, 6.45) is 21.9. The largest absolute Gasteiger partial charge is 0.453 e. The van der Waals surface area contributed by atoms with Crippen molar-refractivity contribution >= 4 is 17.9 Å². The molecule has 5 nitrogen and oxygen atoms in total. The van der Waals surface area contributed by atoms with Gasteiger partial charge < -0.3 is 14.8 Å². The van der Waals surface area contributed by atoms with Gasteiger partial charge in [0.15, 0.2) is 0 Å². The zero-order valence-corrected chi connectivity index (χ0v) is 22.5. The predicted molar refractivity (Wildman–Crippen MR) is 143 cm³/mol. The molecule has 2 atom stereocenters. The van der Waals surface area contributed by atoms with Crippen molar-refractivity contribution in [1.82, 2.24) is 10.3 Å². The van der Waals surface area contributed by atoms with Crippen molar-refractivity contribution in [2.75, 3.05) is 20.3 Å². The van der Waals surface area contributed by atoms with Gasteiger partial charge in [0, 0.05) is 23.3 Å². The molecule has 2 unspecified atom stereocenters. The lowest BCUT2D eigenvalue weighted by Gasteiger charge is -2.35. The maximum atomic E-state index is 11.3. The molecule has 1 saturated heterocycles. The fourth-order valence-corrected chi connectivity index (χ4v) is 5.79. The molecule has 1 aliphatic rings. The van der Waals surface area contributed by atoms with E-state index in [1.54, 1.807) is 6.20 Å². The number of nitrogens with zero attached hydrogens (tertiary/aromatic N) is 1. The SMILES string of the molecule is CCCCCCCCCCCCCCCCOCC1CC(c2cccnc2CNC(=O)OC)S1. The van der Waals surface area contributed by atoms with Crippen LogP contribution in [0, 0.1) is 0 Å². The van der Waals surface area contributed by atoms with E-state index in [0.29, 0.717) is 17.0 Å². The zero-order valence-electron chi connectivity index (χ0n) is 21.7. The first kappa shape index (κ1) is 29.0. The molecule has 1 amide bonds. The fraction of sp³-hybridized carbons (Fsp3) is 0.786. The van der Waals surface area contributed by atoms with E-state index in [0.717, 1.165) is 25.3 Å². The summed E-state index contributed by atoms with van der Waals surface area (Å²) in [5.74, 6) is 0. The number of hydrogen-bond acceptors (Lipinski definition) is 5. The maximum absolute atomic E-state index is 11.3. The smallest absolute Gasteiger partial charge is 0.407 e. The number of carbonyl (C=O) groups excluding carboxylic acids is 1. The van der Waals surface area contributed by atoms with Gasteiger partial charge in [-0.05, 0) is 24.5 Å². The average molecular weight is 493 g/mol. The molecular formula is C28H48N2O3S. The second-order valence-electron chi connectivity index (χ2n) is 9.54. The molecule has 1 aromatic rings. The van der Waals surface area contributed by atoms with E-state index in [2.05, 4.69) is 28.0 Å². The number of carbonyl (C=O) groups is 1. The molecule has 1 N–H and O–H groups in total. The van der Waals surface area contributed by atoms with Crippen LogP contribution in [0.1, 0.15) is 120 Å². The van der Waals surface area contributed by atoms with Crippen LogP contribution in [0.25, 0.3) is 0 Å². The number of thioether (sulfide) groups is 1. The highest BCUT2D eigenvalue weighted by molar-refractivity contribution is 8.01. The van der Waals surface area contributed by atoms with Crippen molar-refractivity contribution < 1.29 is 14.3 Å². The Kier molecular flexibility index (Phi) is 16.2. The van der Waals surface area contributed by atoms with E-state index in [-0.39, 0.29) is 0 Å². The molecule has 0 bridgehead atoms. The third-order valence-electron chi connectivity index (χ3n) is 6.64. The molecular weight excluding hydrogens is 444 g/mol. The second kappa shape index (κ2) is 19.0. The summed E-state index contributed by atoms with van der Waals surface area (Å²) in [6, 6.07) is 4.08. The Hall–Kier alpha value is -1.27. The topological polar surface area (TPSA) is 60.5 Å². The van der Waals surface area contributed by atoms with Gasteiger partial charge in [-0.2, -0.15) is 0 Å². The van der Waals surface area contributed by atoms with Crippen LogP contribution in [0.15, 0.2) is 18.3 Å². The second-order valence-corrected chi connectivity index (χ2v) is 11.0. The number of amides is 1. The molecule has 2 rings (SSSR count). The fourth-order valence-electron chi connectivity index (χ4n) is 4.50. The predicted octanol–water partition coefficient (Wildman–Crippen LogP) is 7.98. The summed E-state index contributed by atoms with van der Waals surface area (Å²) in [7, 11) is 1.37. The maximum Gasteiger partial charge on any atom is 0.407 e. The summed E-state index contributed by atoms with van der Waals surface area (Å²) in [5.41, 5.74) is 2.14. The number of methoxy groups -OCH3 is 1. The molecule has 0 aliphatic carbocycles. The number of aromatic nitrogens is 1. The summed E-state index contributed by atoms with van der Waals surface area (Å²) in [4.78, 5) is 15.8. The van der Waals surface area contributed by atoms with Gasteiger partial charge in [-0.25, -0.2) is 4.79 Å². The minimum Gasteiger partial charge on any atom is -0.453 e. The van der Waals surface area contributed by atoms with Crippen LogP contribution in [0.4, 0.5) is 4.79 Å². The van der Waals surface area contributed by atoms with Crippen LogP contribution in [0.2, 0.25) is 0 Å². The van der Waals surface area contributed by atoms with Crippen LogP contribution in [-0.4, -0.2) is 36.7 Å². The number of alkyl carbamates (subject to hydrolysis) is 1. The van der Waals surface area contributed by atoms with Crippen molar-refractivity contribution in [2.45, 2.75) is 120 Å². The third-order valence-corrected chi connectivity index (χ3v) is 8.13. The van der Waals surface area contributed by atoms with Gasteiger partial charge in [0.2, 0.25) is 0 Å². The van der Waals surface area contributed by atoms with Crippen LogP contribution >= 0.6 is 11.8 Å². The van der Waals surface area contributed by atoms with Crippen LogP contribution < -0.4 is 5.32 Å². The number of unbranched alkanes of at least 4 members (excludes halogenated alkanes) is 13. The van der Waals surface area contributed by atoms with E-state index in [9.17, 15) is 4.79 Å². The van der Waals surface area contributed by atoms with E-state index in [1.807, 2.05) is 17.8 Å². The zero-order chi connectivity index (χ0) is 24.3.